The quantitative estimate of drug-likeness (QED) is 0.853. The van der Waals surface area contributed by atoms with Gasteiger partial charge in [-0.15, -0.1) is 0 Å². The molecule has 1 atom stereocenters. The maximum Gasteiger partial charge on any atom is 0.159 e. The predicted octanol–water partition coefficient (Wildman–Crippen LogP) is 2.15. The minimum absolute atomic E-state index is 0.218. The van der Waals surface area contributed by atoms with Crippen LogP contribution in [-0.4, -0.2) is 31.5 Å². The molecule has 0 aromatic carbocycles. The maximum atomic E-state index is 9.67. The van der Waals surface area contributed by atoms with Gasteiger partial charge in [-0.3, -0.25) is 0 Å². The Morgan fingerprint density at radius 2 is 2.22 bits per heavy atom. The third kappa shape index (κ3) is 2.42. The summed E-state index contributed by atoms with van der Waals surface area (Å²) in [5, 5.41) is 23.0. The van der Waals surface area contributed by atoms with Crippen molar-refractivity contribution in [1.82, 2.24) is 14.7 Å². The molecule has 23 heavy (non-hydrogen) atoms. The van der Waals surface area contributed by atoms with Crippen LogP contribution in [-0.2, 0) is 6.54 Å². The highest BCUT2D eigenvalue weighted by Gasteiger charge is 2.65. The number of nitrogens with zero attached hydrogens (tertiary/aromatic N) is 3. The highest BCUT2D eigenvalue weighted by atomic mass is 16.5. The van der Waals surface area contributed by atoms with Gasteiger partial charge in [-0.25, -0.2) is 4.98 Å². The average Bonchev–Trinajstić information content (AvgIpc) is 3.06. The molecule has 2 aromatic heterocycles. The van der Waals surface area contributed by atoms with Gasteiger partial charge >= 0.3 is 0 Å². The van der Waals surface area contributed by atoms with Crippen LogP contribution >= 0.6 is 0 Å². The van der Waals surface area contributed by atoms with Crippen LogP contribution in [0.25, 0.3) is 6.08 Å². The Labute approximate surface area is 134 Å². The molecule has 3 fully saturated rings. The van der Waals surface area contributed by atoms with Crippen LogP contribution in [0.5, 0.6) is 0 Å². The number of aromatic nitrogens is 3. The third-order valence-corrected chi connectivity index (χ3v) is 5.15. The van der Waals surface area contributed by atoms with E-state index in [4.69, 9.17) is 4.52 Å². The van der Waals surface area contributed by atoms with Gasteiger partial charge in [0, 0.05) is 25.1 Å². The minimum Gasteiger partial charge on any atom is -0.396 e. The maximum absolute atomic E-state index is 9.67. The fourth-order valence-electron chi connectivity index (χ4n) is 4.17. The molecule has 0 amide bonds. The number of imidazole rings is 1. The van der Waals surface area contributed by atoms with E-state index in [0.29, 0.717) is 19.0 Å². The number of rotatable bonds is 6. The summed E-state index contributed by atoms with van der Waals surface area (Å²) in [4.78, 5) is 4.15. The number of hydrogen-bond acceptors (Lipinski definition) is 5. The second kappa shape index (κ2) is 5.04. The van der Waals surface area contributed by atoms with Gasteiger partial charge in [0.15, 0.2) is 5.76 Å². The lowest BCUT2D eigenvalue weighted by molar-refractivity contribution is -0.191. The smallest absolute Gasteiger partial charge is 0.159 e. The molecule has 122 valence electrons. The molecule has 6 nitrogen and oxygen atoms in total. The fourth-order valence-corrected chi connectivity index (χ4v) is 4.17. The lowest BCUT2D eigenvalue weighted by atomic mass is 9.35. The van der Waals surface area contributed by atoms with Gasteiger partial charge in [0.05, 0.1) is 6.54 Å². The Morgan fingerprint density at radius 1 is 1.43 bits per heavy atom. The van der Waals surface area contributed by atoms with E-state index in [1.165, 1.54) is 0 Å². The molecule has 2 aromatic rings. The van der Waals surface area contributed by atoms with Crippen LogP contribution in [0.4, 0.5) is 0 Å². The Balaban J connectivity index is 1.41. The summed E-state index contributed by atoms with van der Waals surface area (Å²) < 4.78 is 7.23. The molecule has 0 unspecified atom stereocenters. The summed E-state index contributed by atoms with van der Waals surface area (Å²) in [6.45, 7) is 2.53. The van der Waals surface area contributed by atoms with Crippen molar-refractivity contribution >= 4 is 6.08 Å². The van der Waals surface area contributed by atoms with Crippen molar-refractivity contribution in [3.63, 3.8) is 0 Å². The van der Waals surface area contributed by atoms with Crippen LogP contribution in [0.3, 0.4) is 0 Å². The van der Waals surface area contributed by atoms with Crippen LogP contribution in [0.15, 0.2) is 29.1 Å². The van der Waals surface area contributed by atoms with Crippen LogP contribution in [0.1, 0.15) is 49.6 Å². The van der Waals surface area contributed by atoms with Gasteiger partial charge in [0.1, 0.15) is 17.6 Å². The van der Waals surface area contributed by atoms with E-state index in [0.717, 1.165) is 30.7 Å². The largest absolute Gasteiger partial charge is 0.396 e. The van der Waals surface area contributed by atoms with Crippen molar-refractivity contribution in [1.29, 1.82) is 0 Å². The molecular formula is C17H21N3O3. The molecule has 0 spiro atoms. The summed E-state index contributed by atoms with van der Waals surface area (Å²) >= 11 is 0. The molecule has 2 heterocycles. The van der Waals surface area contributed by atoms with E-state index in [1.807, 2.05) is 22.9 Å². The standard InChI is InChI=1S/C17H21N3O3/c1-12(22)15-18-4-5-20(15)7-13-6-14(23-19-13)2-3-16-8-17(9-16,10-16)11-21/h2-6,12,21-22H,7-11H2,1H3/t12-,16?,17?/m0/s1. The van der Waals surface area contributed by atoms with E-state index in [-0.39, 0.29) is 10.8 Å². The zero-order valence-electron chi connectivity index (χ0n) is 13.1. The number of aliphatic hydroxyl groups excluding tert-OH is 2. The summed E-state index contributed by atoms with van der Waals surface area (Å²) in [5.74, 6) is 1.36. The van der Waals surface area contributed by atoms with Crippen molar-refractivity contribution in [3.8, 4) is 0 Å². The molecule has 0 saturated heterocycles. The Kier molecular flexibility index (Phi) is 3.21. The summed E-state index contributed by atoms with van der Waals surface area (Å²) in [5.41, 5.74) is 1.30. The third-order valence-electron chi connectivity index (χ3n) is 5.15. The number of hydrogen-bond donors (Lipinski definition) is 2. The molecule has 5 rings (SSSR count). The van der Waals surface area contributed by atoms with Crippen LogP contribution < -0.4 is 0 Å². The zero-order valence-corrected chi connectivity index (χ0v) is 13.1. The summed E-state index contributed by atoms with van der Waals surface area (Å²) in [7, 11) is 0. The van der Waals surface area contributed by atoms with E-state index >= 15 is 0 Å². The Morgan fingerprint density at radius 3 is 2.91 bits per heavy atom. The fraction of sp³-hybridized carbons (Fsp3) is 0.529. The summed E-state index contributed by atoms with van der Waals surface area (Å²) in [6.07, 6.45) is 10.3. The number of allylic oxidation sites excluding steroid dienone is 1. The first-order chi connectivity index (χ1) is 11.0. The molecule has 2 N–H and O–H groups in total. The minimum atomic E-state index is -0.612. The van der Waals surface area contributed by atoms with Gasteiger partial charge in [-0.1, -0.05) is 11.2 Å². The molecule has 0 aliphatic heterocycles. The van der Waals surface area contributed by atoms with Crippen molar-refractivity contribution < 1.29 is 14.7 Å². The van der Waals surface area contributed by atoms with Gasteiger partial charge < -0.3 is 19.3 Å². The monoisotopic (exact) mass is 315 g/mol. The molecule has 3 saturated carbocycles. The highest BCUT2D eigenvalue weighted by Crippen LogP contribution is 2.73. The average molecular weight is 315 g/mol. The highest BCUT2D eigenvalue weighted by molar-refractivity contribution is 5.46. The topological polar surface area (TPSA) is 84.3 Å². The second-order valence-electron chi connectivity index (χ2n) is 7.19. The van der Waals surface area contributed by atoms with E-state index in [9.17, 15) is 10.2 Å². The van der Waals surface area contributed by atoms with Gasteiger partial charge in [0.25, 0.3) is 0 Å². The second-order valence-corrected chi connectivity index (χ2v) is 7.19. The van der Waals surface area contributed by atoms with E-state index in [1.54, 1.807) is 13.1 Å². The first-order valence-electron chi connectivity index (χ1n) is 7.98. The molecule has 3 aliphatic rings. The summed E-state index contributed by atoms with van der Waals surface area (Å²) in [6, 6.07) is 1.91. The normalized spacial score (nSPS) is 30.2. The Hall–Kier alpha value is -1.92. The van der Waals surface area contributed by atoms with E-state index < -0.39 is 6.10 Å². The first kappa shape index (κ1) is 14.7. The zero-order chi connectivity index (χ0) is 16.1. The lowest BCUT2D eigenvalue weighted by Gasteiger charge is -2.69. The van der Waals surface area contributed by atoms with Crippen LogP contribution in [0, 0.1) is 10.8 Å². The van der Waals surface area contributed by atoms with Crippen LogP contribution in [0.2, 0.25) is 0 Å². The molecule has 3 aliphatic carbocycles. The number of aliphatic hydroxyl groups is 2. The van der Waals surface area contributed by atoms with Crippen molar-refractivity contribution in [2.45, 2.75) is 38.8 Å². The van der Waals surface area contributed by atoms with Gasteiger partial charge in [-0.05, 0) is 43.1 Å². The molecule has 0 radical (unpaired) electrons. The van der Waals surface area contributed by atoms with Gasteiger partial charge in [0.2, 0.25) is 0 Å². The Bertz CT molecular complexity index is 724. The van der Waals surface area contributed by atoms with Crippen molar-refractivity contribution in [3.05, 3.63) is 41.8 Å². The van der Waals surface area contributed by atoms with E-state index in [2.05, 4.69) is 16.2 Å². The lowest BCUT2D eigenvalue weighted by Crippen LogP contribution is -2.62. The SMILES string of the molecule is C[C@H](O)c1nccn1Cc1cc(C=CC23CC(CO)(C2)C3)on1. The molecule has 6 heteroatoms. The van der Waals surface area contributed by atoms with Gasteiger partial charge in [-0.2, -0.15) is 0 Å². The molecular weight excluding hydrogens is 294 g/mol. The predicted molar refractivity (Wildman–Crippen MR) is 83.3 cm³/mol. The van der Waals surface area contributed by atoms with Crippen molar-refractivity contribution in [2.75, 3.05) is 6.61 Å². The molecule has 2 bridgehead atoms. The van der Waals surface area contributed by atoms with Crippen molar-refractivity contribution in [2.24, 2.45) is 10.8 Å². The first-order valence-corrected chi connectivity index (χ1v) is 7.98.